The maximum absolute atomic E-state index is 12.4. The van der Waals surface area contributed by atoms with Crippen molar-refractivity contribution in [2.24, 2.45) is 0 Å². The van der Waals surface area contributed by atoms with Crippen molar-refractivity contribution in [3.63, 3.8) is 0 Å². The van der Waals surface area contributed by atoms with Gasteiger partial charge in [0.05, 0.1) is 6.61 Å². The fourth-order valence-electron chi connectivity index (χ4n) is 2.37. The number of aliphatic hydroxyl groups is 1. The standard InChI is InChI=1S/C15H14N2O2/c18-10-11-4-5-13-12(9-11)6-8-17(15(13)19)14-3-1-2-7-16-14/h1-5,7,9,18H,6,8,10H2. The van der Waals surface area contributed by atoms with Crippen LogP contribution in [-0.2, 0) is 13.0 Å². The largest absolute Gasteiger partial charge is 0.392 e. The van der Waals surface area contributed by atoms with Crippen LogP contribution in [0.3, 0.4) is 0 Å². The van der Waals surface area contributed by atoms with E-state index in [1.807, 2.05) is 24.3 Å². The highest BCUT2D eigenvalue weighted by atomic mass is 16.3. The van der Waals surface area contributed by atoms with Gasteiger partial charge in [0.2, 0.25) is 0 Å². The number of aliphatic hydroxyl groups excluding tert-OH is 1. The molecule has 1 amide bonds. The van der Waals surface area contributed by atoms with Crippen molar-refractivity contribution < 1.29 is 9.90 Å². The molecule has 19 heavy (non-hydrogen) atoms. The summed E-state index contributed by atoms with van der Waals surface area (Å²) in [5.74, 6) is 0.661. The number of carbonyl (C=O) groups is 1. The second-order valence-corrected chi connectivity index (χ2v) is 4.54. The Bertz CT molecular complexity index is 611. The number of carbonyl (C=O) groups excluding carboxylic acids is 1. The predicted molar refractivity (Wildman–Crippen MR) is 72.0 cm³/mol. The Morgan fingerprint density at radius 2 is 2.16 bits per heavy atom. The second kappa shape index (κ2) is 4.82. The summed E-state index contributed by atoms with van der Waals surface area (Å²) in [7, 11) is 0. The minimum atomic E-state index is -0.0237. The van der Waals surface area contributed by atoms with Crippen molar-refractivity contribution in [2.45, 2.75) is 13.0 Å². The van der Waals surface area contributed by atoms with E-state index in [-0.39, 0.29) is 12.5 Å². The van der Waals surface area contributed by atoms with Crippen LogP contribution in [0.1, 0.15) is 21.5 Å². The molecule has 0 saturated heterocycles. The number of anilines is 1. The molecule has 2 aromatic rings. The molecule has 0 atom stereocenters. The molecule has 1 aromatic heterocycles. The first-order chi connectivity index (χ1) is 9.29. The molecule has 1 N–H and O–H groups in total. The van der Waals surface area contributed by atoms with E-state index in [2.05, 4.69) is 4.98 Å². The van der Waals surface area contributed by atoms with Crippen molar-refractivity contribution >= 4 is 11.7 Å². The van der Waals surface area contributed by atoms with E-state index in [1.165, 1.54) is 0 Å². The first-order valence-electron chi connectivity index (χ1n) is 6.25. The lowest BCUT2D eigenvalue weighted by Crippen LogP contribution is -2.38. The highest BCUT2D eigenvalue weighted by Crippen LogP contribution is 2.23. The summed E-state index contributed by atoms with van der Waals surface area (Å²) in [5.41, 5.74) is 2.55. The highest BCUT2D eigenvalue weighted by Gasteiger charge is 2.25. The van der Waals surface area contributed by atoms with E-state index in [1.54, 1.807) is 23.2 Å². The van der Waals surface area contributed by atoms with E-state index >= 15 is 0 Å². The average molecular weight is 254 g/mol. The lowest BCUT2D eigenvalue weighted by Gasteiger charge is -2.27. The van der Waals surface area contributed by atoms with Gasteiger partial charge < -0.3 is 5.11 Å². The maximum Gasteiger partial charge on any atom is 0.259 e. The van der Waals surface area contributed by atoms with Crippen LogP contribution >= 0.6 is 0 Å². The Morgan fingerprint density at radius 3 is 2.89 bits per heavy atom. The number of hydrogen-bond acceptors (Lipinski definition) is 3. The molecule has 96 valence electrons. The van der Waals surface area contributed by atoms with Gasteiger partial charge in [-0.05, 0) is 35.7 Å². The smallest absolute Gasteiger partial charge is 0.259 e. The summed E-state index contributed by atoms with van der Waals surface area (Å²) in [4.78, 5) is 18.4. The fourth-order valence-corrected chi connectivity index (χ4v) is 2.37. The number of nitrogens with zero attached hydrogens (tertiary/aromatic N) is 2. The van der Waals surface area contributed by atoms with Crippen LogP contribution in [0.2, 0.25) is 0 Å². The van der Waals surface area contributed by atoms with Gasteiger partial charge in [-0.15, -0.1) is 0 Å². The van der Waals surface area contributed by atoms with Gasteiger partial charge in [0, 0.05) is 18.3 Å². The van der Waals surface area contributed by atoms with Gasteiger partial charge in [-0.2, -0.15) is 0 Å². The molecular weight excluding hydrogens is 240 g/mol. The van der Waals surface area contributed by atoms with E-state index in [0.717, 1.165) is 17.5 Å². The highest BCUT2D eigenvalue weighted by molar-refractivity contribution is 6.07. The van der Waals surface area contributed by atoms with Gasteiger partial charge in [-0.1, -0.05) is 18.2 Å². The summed E-state index contributed by atoms with van der Waals surface area (Å²) in [6.07, 6.45) is 2.47. The zero-order valence-corrected chi connectivity index (χ0v) is 10.4. The monoisotopic (exact) mass is 254 g/mol. The molecule has 1 aliphatic heterocycles. The molecule has 0 aliphatic carbocycles. The summed E-state index contributed by atoms with van der Waals surface area (Å²) >= 11 is 0. The minimum Gasteiger partial charge on any atom is -0.392 e. The van der Waals surface area contributed by atoms with Crippen LogP contribution < -0.4 is 4.90 Å². The molecule has 3 rings (SSSR count). The zero-order valence-electron chi connectivity index (χ0n) is 10.4. The van der Waals surface area contributed by atoms with Crippen LogP contribution in [0, 0.1) is 0 Å². The van der Waals surface area contributed by atoms with Gasteiger partial charge in [-0.3, -0.25) is 9.69 Å². The Morgan fingerprint density at radius 1 is 1.26 bits per heavy atom. The van der Waals surface area contributed by atoms with E-state index in [4.69, 9.17) is 5.11 Å². The summed E-state index contributed by atoms with van der Waals surface area (Å²) in [6, 6.07) is 11.0. The molecule has 2 heterocycles. The molecule has 0 fully saturated rings. The topological polar surface area (TPSA) is 53.4 Å². The average Bonchev–Trinajstić information content (AvgIpc) is 2.48. The molecule has 0 saturated carbocycles. The maximum atomic E-state index is 12.4. The Balaban J connectivity index is 1.97. The Kier molecular flexibility index (Phi) is 3.01. The number of aromatic nitrogens is 1. The molecule has 0 spiro atoms. The molecule has 1 aliphatic rings. The molecule has 0 radical (unpaired) electrons. The normalized spacial score (nSPS) is 14.4. The predicted octanol–water partition coefficient (Wildman–Crippen LogP) is 1.78. The molecule has 0 unspecified atom stereocenters. The van der Waals surface area contributed by atoms with Crippen LogP contribution in [0.4, 0.5) is 5.82 Å². The SMILES string of the molecule is O=C1c2ccc(CO)cc2CCN1c1ccccn1. The number of benzene rings is 1. The number of hydrogen-bond donors (Lipinski definition) is 1. The fraction of sp³-hybridized carbons (Fsp3) is 0.200. The molecule has 0 bridgehead atoms. The zero-order chi connectivity index (χ0) is 13.2. The van der Waals surface area contributed by atoms with Crippen molar-refractivity contribution in [1.82, 2.24) is 4.98 Å². The van der Waals surface area contributed by atoms with Gasteiger partial charge in [0.25, 0.3) is 5.91 Å². The van der Waals surface area contributed by atoms with Gasteiger partial charge in [0.15, 0.2) is 0 Å². The molecule has 4 heteroatoms. The Hall–Kier alpha value is -2.20. The number of amides is 1. The van der Waals surface area contributed by atoms with Crippen molar-refractivity contribution in [3.8, 4) is 0 Å². The second-order valence-electron chi connectivity index (χ2n) is 4.54. The third-order valence-electron chi connectivity index (χ3n) is 3.36. The van der Waals surface area contributed by atoms with E-state index in [0.29, 0.717) is 17.9 Å². The van der Waals surface area contributed by atoms with Crippen molar-refractivity contribution in [2.75, 3.05) is 11.4 Å². The van der Waals surface area contributed by atoms with Gasteiger partial charge in [-0.25, -0.2) is 4.98 Å². The Labute approximate surface area is 111 Å². The summed E-state index contributed by atoms with van der Waals surface area (Å²) < 4.78 is 0. The lowest BCUT2D eigenvalue weighted by atomic mass is 9.97. The summed E-state index contributed by atoms with van der Waals surface area (Å²) in [6.45, 7) is 0.628. The first-order valence-corrected chi connectivity index (χ1v) is 6.25. The number of rotatable bonds is 2. The van der Waals surface area contributed by atoms with Crippen LogP contribution in [0.5, 0.6) is 0 Å². The van der Waals surface area contributed by atoms with E-state index in [9.17, 15) is 4.79 Å². The van der Waals surface area contributed by atoms with Crippen molar-refractivity contribution in [1.29, 1.82) is 0 Å². The van der Waals surface area contributed by atoms with Crippen LogP contribution in [0.15, 0.2) is 42.6 Å². The lowest BCUT2D eigenvalue weighted by molar-refractivity contribution is 0.0979. The molecule has 4 nitrogen and oxygen atoms in total. The quantitative estimate of drug-likeness (QED) is 0.888. The third kappa shape index (κ3) is 2.11. The third-order valence-corrected chi connectivity index (χ3v) is 3.36. The number of fused-ring (bicyclic) bond motifs is 1. The first kappa shape index (κ1) is 11.9. The van der Waals surface area contributed by atoms with Gasteiger partial charge >= 0.3 is 0 Å². The number of pyridine rings is 1. The molecule has 1 aromatic carbocycles. The minimum absolute atomic E-state index is 0.00538. The van der Waals surface area contributed by atoms with Crippen molar-refractivity contribution in [3.05, 3.63) is 59.3 Å². The van der Waals surface area contributed by atoms with Crippen LogP contribution in [0.25, 0.3) is 0 Å². The summed E-state index contributed by atoms with van der Waals surface area (Å²) in [5, 5.41) is 9.13. The molecular formula is C15H14N2O2. The van der Waals surface area contributed by atoms with Gasteiger partial charge in [0.1, 0.15) is 5.82 Å². The van der Waals surface area contributed by atoms with E-state index < -0.39 is 0 Å². The van der Waals surface area contributed by atoms with Crippen LogP contribution in [-0.4, -0.2) is 22.5 Å².